The maximum Gasteiger partial charge on any atom is 2.00 e. The molecule has 0 aromatic heterocycles. The van der Waals surface area contributed by atoms with Gasteiger partial charge in [0.1, 0.15) is 0 Å². The van der Waals surface area contributed by atoms with Gasteiger partial charge in [-0.3, -0.25) is 0 Å². The Morgan fingerprint density at radius 1 is 0.565 bits per heavy atom. The molecule has 0 amide bonds. The Morgan fingerprint density at radius 2 is 0.870 bits per heavy atom. The van der Waals surface area contributed by atoms with Gasteiger partial charge in [0.15, 0.2) is 0 Å². The fourth-order valence-electron chi connectivity index (χ4n) is 1.86. The molecule has 0 atom stereocenters. The monoisotopic (exact) mass is 390 g/mol. The van der Waals surface area contributed by atoms with Gasteiger partial charge in [-0.1, -0.05) is 60.7 Å². The summed E-state index contributed by atoms with van der Waals surface area (Å²) in [5.41, 5.74) is 2.60. The normalized spacial score (nSPS) is 8.43. The Bertz CT molecular complexity index is 398. The van der Waals surface area contributed by atoms with Gasteiger partial charge < -0.3 is 35.0 Å². The summed E-state index contributed by atoms with van der Waals surface area (Å²) < 4.78 is 0. The van der Waals surface area contributed by atoms with Gasteiger partial charge in [-0.05, 0) is 36.8 Å². The number of hydrogen-bond donors (Lipinski definition) is 2. The van der Waals surface area contributed by atoms with Crippen molar-refractivity contribution in [3.63, 3.8) is 0 Å². The second-order valence-electron chi connectivity index (χ2n) is 4.63. The molecule has 2 nitrogen and oxygen atoms in total. The maximum absolute atomic E-state index is 8.53. The molecule has 0 heterocycles. The van der Waals surface area contributed by atoms with Crippen molar-refractivity contribution in [3.05, 3.63) is 71.8 Å². The molecule has 0 radical (unpaired) electrons. The van der Waals surface area contributed by atoms with Crippen LogP contribution in [0.4, 0.5) is 0 Å². The fraction of sp³-hybridized carbons (Fsp3) is 0.333. The smallest absolute Gasteiger partial charge is 1.00 e. The van der Waals surface area contributed by atoms with Gasteiger partial charge in [0, 0.05) is 13.2 Å². The first-order valence-electron chi connectivity index (χ1n) is 7.16. The van der Waals surface area contributed by atoms with Crippen molar-refractivity contribution in [2.24, 2.45) is 0 Å². The predicted octanol–water partition coefficient (Wildman–Crippen LogP) is -2.77. The van der Waals surface area contributed by atoms with Crippen LogP contribution in [0.15, 0.2) is 60.7 Å². The van der Waals surface area contributed by atoms with Gasteiger partial charge in [-0.2, -0.15) is 0 Å². The standard InChI is InChI=1S/2C9H12O.2ClH.Ti/c2*10-8-4-7-9-5-2-1-3-6-9;;;/h2*1-3,5-6,10H,4,7-8H2;2*1H;/q;;;;+2/p-2. The quantitative estimate of drug-likeness (QED) is 0.524. The fourth-order valence-corrected chi connectivity index (χ4v) is 1.86. The Kier molecular flexibility index (Phi) is 23.6. The maximum atomic E-state index is 8.53. The average molecular weight is 391 g/mol. The summed E-state index contributed by atoms with van der Waals surface area (Å²) >= 11 is 0. The largest absolute Gasteiger partial charge is 2.00 e. The molecule has 5 heteroatoms. The van der Waals surface area contributed by atoms with E-state index >= 15 is 0 Å². The van der Waals surface area contributed by atoms with Crippen LogP contribution in [0.25, 0.3) is 0 Å². The first-order chi connectivity index (χ1) is 9.86. The van der Waals surface area contributed by atoms with Crippen LogP contribution in [-0.4, -0.2) is 23.4 Å². The van der Waals surface area contributed by atoms with Crippen molar-refractivity contribution in [2.75, 3.05) is 13.2 Å². The van der Waals surface area contributed by atoms with E-state index in [0.29, 0.717) is 0 Å². The van der Waals surface area contributed by atoms with Crippen LogP contribution in [0.1, 0.15) is 24.0 Å². The van der Waals surface area contributed by atoms with Gasteiger partial charge in [0.25, 0.3) is 0 Å². The van der Waals surface area contributed by atoms with E-state index in [1.165, 1.54) is 11.1 Å². The number of aliphatic hydroxyl groups excluding tert-OH is 2. The third-order valence-electron chi connectivity index (χ3n) is 2.93. The summed E-state index contributed by atoms with van der Waals surface area (Å²) in [6.45, 7) is 0.573. The van der Waals surface area contributed by atoms with Crippen LogP contribution in [0.2, 0.25) is 0 Å². The molecule has 0 aliphatic heterocycles. The SMILES string of the molecule is OCCCc1ccccc1.OCCCc1ccccc1.[Cl-].[Cl-].[Ti+2]. The summed E-state index contributed by atoms with van der Waals surface area (Å²) in [7, 11) is 0. The van der Waals surface area contributed by atoms with Crippen molar-refractivity contribution in [3.8, 4) is 0 Å². The summed E-state index contributed by atoms with van der Waals surface area (Å²) in [5.74, 6) is 0. The Morgan fingerprint density at radius 3 is 1.13 bits per heavy atom. The minimum Gasteiger partial charge on any atom is -1.00 e. The zero-order chi connectivity index (χ0) is 14.5. The van der Waals surface area contributed by atoms with E-state index < -0.39 is 0 Å². The van der Waals surface area contributed by atoms with Gasteiger partial charge in [-0.25, -0.2) is 0 Å². The van der Waals surface area contributed by atoms with Crippen LogP contribution in [0, 0.1) is 0 Å². The van der Waals surface area contributed by atoms with Crippen molar-refractivity contribution >= 4 is 0 Å². The molecule has 2 aromatic rings. The van der Waals surface area contributed by atoms with Gasteiger partial charge in [0.05, 0.1) is 0 Å². The molecule has 0 aliphatic carbocycles. The van der Waals surface area contributed by atoms with E-state index in [0.717, 1.165) is 25.7 Å². The molecule has 0 bridgehead atoms. The Hall–Kier alpha value is -0.346. The molecular weight excluding hydrogens is 367 g/mol. The average Bonchev–Trinajstić information content (AvgIpc) is 2.53. The van der Waals surface area contributed by atoms with E-state index in [1.807, 2.05) is 36.4 Å². The number of hydrogen-bond acceptors (Lipinski definition) is 2. The summed E-state index contributed by atoms with van der Waals surface area (Å²) in [6, 6.07) is 20.4. The minimum atomic E-state index is 0. The molecule has 0 fully saturated rings. The second kappa shape index (κ2) is 19.7. The number of aryl methyl sites for hydroxylation is 2. The third-order valence-corrected chi connectivity index (χ3v) is 2.93. The number of rotatable bonds is 6. The van der Waals surface area contributed by atoms with Gasteiger partial charge >= 0.3 is 21.7 Å². The van der Waals surface area contributed by atoms with Crippen molar-refractivity contribution in [2.45, 2.75) is 25.7 Å². The molecular formula is C18H24Cl2O2Ti. The number of benzene rings is 2. The van der Waals surface area contributed by atoms with Crippen molar-refractivity contribution < 1.29 is 56.7 Å². The molecule has 0 unspecified atom stereocenters. The van der Waals surface area contributed by atoms with Gasteiger partial charge in [0.2, 0.25) is 0 Å². The third kappa shape index (κ3) is 14.9. The minimum absolute atomic E-state index is 0. The number of aliphatic hydroxyl groups is 2. The van der Waals surface area contributed by atoms with Crippen LogP contribution in [0.3, 0.4) is 0 Å². The summed E-state index contributed by atoms with van der Waals surface area (Å²) in [4.78, 5) is 0. The molecule has 2 rings (SSSR count). The molecule has 0 spiro atoms. The molecule has 23 heavy (non-hydrogen) atoms. The van der Waals surface area contributed by atoms with Crippen LogP contribution in [-0.2, 0) is 34.6 Å². The van der Waals surface area contributed by atoms with E-state index in [2.05, 4.69) is 24.3 Å². The first-order valence-corrected chi connectivity index (χ1v) is 7.16. The predicted molar refractivity (Wildman–Crippen MR) is 83.7 cm³/mol. The van der Waals surface area contributed by atoms with Crippen LogP contribution >= 0.6 is 0 Å². The van der Waals surface area contributed by atoms with E-state index in [1.54, 1.807) is 0 Å². The Balaban J connectivity index is -0.000000308. The molecule has 2 N–H and O–H groups in total. The summed E-state index contributed by atoms with van der Waals surface area (Å²) in [5, 5.41) is 17.1. The molecule has 126 valence electrons. The molecule has 0 saturated heterocycles. The van der Waals surface area contributed by atoms with E-state index in [-0.39, 0.29) is 59.7 Å². The number of halogens is 2. The van der Waals surface area contributed by atoms with Crippen LogP contribution in [0.5, 0.6) is 0 Å². The van der Waals surface area contributed by atoms with Crippen molar-refractivity contribution in [1.82, 2.24) is 0 Å². The summed E-state index contributed by atoms with van der Waals surface area (Å²) in [6.07, 6.45) is 3.70. The topological polar surface area (TPSA) is 40.5 Å². The van der Waals surface area contributed by atoms with Gasteiger partial charge in [-0.15, -0.1) is 0 Å². The second-order valence-corrected chi connectivity index (χ2v) is 4.63. The zero-order valence-corrected chi connectivity index (χ0v) is 16.2. The molecule has 2 aromatic carbocycles. The zero-order valence-electron chi connectivity index (χ0n) is 13.2. The molecule has 0 saturated carbocycles. The van der Waals surface area contributed by atoms with E-state index in [9.17, 15) is 0 Å². The van der Waals surface area contributed by atoms with Crippen molar-refractivity contribution in [1.29, 1.82) is 0 Å². The van der Waals surface area contributed by atoms with Crippen LogP contribution < -0.4 is 24.8 Å². The Labute approximate surface area is 167 Å². The van der Waals surface area contributed by atoms with E-state index in [4.69, 9.17) is 10.2 Å². The first kappa shape index (κ1) is 27.5. The molecule has 0 aliphatic rings.